The largest absolute Gasteiger partial charge is 0.493 e. The molecule has 0 aliphatic rings. The van der Waals surface area contributed by atoms with Crippen LogP contribution in [0.2, 0.25) is 0 Å². The van der Waals surface area contributed by atoms with Gasteiger partial charge in [-0.05, 0) is 54.9 Å². The Labute approximate surface area is 169 Å². The zero-order valence-electron chi connectivity index (χ0n) is 16.0. The minimum atomic E-state index is -0.448. The molecule has 2 aromatic rings. The topological polar surface area (TPSA) is 71.6 Å². The first-order valence-corrected chi connectivity index (χ1v) is 9.24. The summed E-state index contributed by atoms with van der Waals surface area (Å²) in [5, 5.41) is 2.72. The van der Waals surface area contributed by atoms with Crippen molar-refractivity contribution in [2.24, 2.45) is 5.92 Å². The molecule has 0 heterocycles. The second-order valence-electron chi connectivity index (χ2n) is 6.41. The van der Waals surface area contributed by atoms with E-state index in [1.807, 2.05) is 0 Å². The lowest BCUT2D eigenvalue weighted by Gasteiger charge is -2.14. The molecule has 0 fully saturated rings. The lowest BCUT2D eigenvalue weighted by atomic mass is 10.1. The fraction of sp³-hybridized carbons (Fsp3) is 0.300. The van der Waals surface area contributed by atoms with E-state index in [2.05, 4.69) is 30.0 Å². The Morgan fingerprint density at radius 1 is 1.14 bits per heavy atom. The van der Waals surface area contributed by atoms with Crippen LogP contribution < -0.4 is 25.6 Å². The van der Waals surface area contributed by atoms with Crippen molar-refractivity contribution in [1.29, 1.82) is 0 Å². The molecule has 0 atom stereocenters. The van der Waals surface area contributed by atoms with Crippen molar-refractivity contribution < 1.29 is 18.7 Å². The molecule has 0 aromatic heterocycles. The first-order valence-electron chi connectivity index (χ1n) is 8.83. The molecule has 3 N–H and O–H groups in total. The number of carbonyl (C=O) groups excluding carboxylic acids is 1. The summed E-state index contributed by atoms with van der Waals surface area (Å²) in [4.78, 5) is 12.3. The maximum atomic E-state index is 13.6. The Bertz CT molecular complexity index is 830. The predicted octanol–water partition coefficient (Wildman–Crippen LogP) is 3.89. The van der Waals surface area contributed by atoms with Crippen LogP contribution in [-0.2, 0) is 0 Å². The van der Waals surface area contributed by atoms with Gasteiger partial charge in [0.15, 0.2) is 16.6 Å². The average molecular weight is 405 g/mol. The van der Waals surface area contributed by atoms with Gasteiger partial charge in [-0.2, -0.15) is 0 Å². The van der Waals surface area contributed by atoms with E-state index in [-0.39, 0.29) is 10.8 Å². The standard InChI is InChI=1S/C20H24FN3O3S/c1-13(2)10-11-27-17-9-8-14(12-18(17)26-3)19(25)23-24-20(28)22-16-7-5-4-6-15(16)21/h4-9,12-13H,10-11H2,1-3H3,(H,23,25)(H2,22,24,28). The lowest BCUT2D eigenvalue weighted by Crippen LogP contribution is -2.43. The van der Waals surface area contributed by atoms with Crippen LogP contribution in [-0.4, -0.2) is 24.7 Å². The Kier molecular flexibility index (Phi) is 8.01. The molecule has 0 spiro atoms. The predicted molar refractivity (Wildman–Crippen MR) is 111 cm³/mol. The van der Waals surface area contributed by atoms with Crippen LogP contribution in [0.25, 0.3) is 0 Å². The molecule has 2 rings (SSSR count). The molecule has 8 heteroatoms. The van der Waals surface area contributed by atoms with Gasteiger partial charge in [0.2, 0.25) is 0 Å². The first kappa shape index (κ1) is 21.4. The minimum Gasteiger partial charge on any atom is -0.493 e. The number of thiocarbonyl (C=S) groups is 1. The Hall–Kier alpha value is -2.87. The quantitative estimate of drug-likeness (QED) is 0.480. The SMILES string of the molecule is COc1cc(C(=O)NNC(=S)Nc2ccccc2F)ccc1OCCC(C)C. The Morgan fingerprint density at radius 2 is 1.89 bits per heavy atom. The molecular weight excluding hydrogens is 381 g/mol. The number of halogens is 1. The Balaban J connectivity index is 1.92. The van der Waals surface area contributed by atoms with Crippen LogP contribution in [0, 0.1) is 11.7 Å². The normalized spacial score (nSPS) is 10.3. The molecule has 0 saturated heterocycles. The fourth-order valence-corrected chi connectivity index (χ4v) is 2.40. The summed E-state index contributed by atoms with van der Waals surface area (Å²) in [6, 6.07) is 11.0. The van der Waals surface area contributed by atoms with Gasteiger partial charge in [-0.25, -0.2) is 4.39 Å². The highest BCUT2D eigenvalue weighted by molar-refractivity contribution is 7.80. The molecule has 150 valence electrons. The fourth-order valence-electron chi connectivity index (χ4n) is 2.23. The number of amides is 1. The summed E-state index contributed by atoms with van der Waals surface area (Å²) < 4.78 is 24.6. The number of anilines is 1. The van der Waals surface area contributed by atoms with Gasteiger partial charge in [0.25, 0.3) is 5.91 Å². The molecule has 0 aliphatic carbocycles. The van der Waals surface area contributed by atoms with Crippen molar-refractivity contribution in [1.82, 2.24) is 10.9 Å². The highest BCUT2D eigenvalue weighted by Gasteiger charge is 2.12. The van der Waals surface area contributed by atoms with Crippen molar-refractivity contribution in [3.05, 3.63) is 53.8 Å². The van der Waals surface area contributed by atoms with Crippen molar-refractivity contribution in [3.8, 4) is 11.5 Å². The van der Waals surface area contributed by atoms with Gasteiger partial charge < -0.3 is 14.8 Å². The van der Waals surface area contributed by atoms with Crippen molar-refractivity contribution in [2.45, 2.75) is 20.3 Å². The summed E-state index contributed by atoms with van der Waals surface area (Å²) in [5.74, 6) is 0.692. The van der Waals surface area contributed by atoms with Crippen LogP contribution in [0.3, 0.4) is 0 Å². The van der Waals surface area contributed by atoms with Crippen LogP contribution in [0.1, 0.15) is 30.6 Å². The molecule has 0 bridgehead atoms. The third-order valence-corrected chi connectivity index (χ3v) is 3.99. The highest BCUT2D eigenvalue weighted by Crippen LogP contribution is 2.28. The summed E-state index contributed by atoms with van der Waals surface area (Å²) in [7, 11) is 1.51. The zero-order valence-corrected chi connectivity index (χ0v) is 16.9. The zero-order chi connectivity index (χ0) is 20.5. The molecule has 28 heavy (non-hydrogen) atoms. The number of hydrogen-bond donors (Lipinski definition) is 3. The number of benzene rings is 2. The number of ether oxygens (including phenoxy) is 2. The molecule has 0 unspecified atom stereocenters. The maximum absolute atomic E-state index is 13.6. The maximum Gasteiger partial charge on any atom is 0.269 e. The van der Waals surface area contributed by atoms with Crippen LogP contribution in [0.15, 0.2) is 42.5 Å². The summed E-state index contributed by atoms with van der Waals surface area (Å²) >= 11 is 5.05. The van der Waals surface area contributed by atoms with E-state index in [4.69, 9.17) is 21.7 Å². The van der Waals surface area contributed by atoms with Gasteiger partial charge in [0, 0.05) is 5.56 Å². The first-order chi connectivity index (χ1) is 13.4. The third-order valence-electron chi connectivity index (χ3n) is 3.79. The summed E-state index contributed by atoms with van der Waals surface area (Å²) in [5.41, 5.74) is 5.56. The van der Waals surface area contributed by atoms with Crippen molar-refractivity contribution >= 4 is 28.9 Å². The van der Waals surface area contributed by atoms with E-state index < -0.39 is 11.7 Å². The van der Waals surface area contributed by atoms with E-state index in [0.29, 0.717) is 29.6 Å². The minimum absolute atomic E-state index is 0.0547. The second kappa shape index (κ2) is 10.5. The van der Waals surface area contributed by atoms with Crippen LogP contribution >= 0.6 is 12.2 Å². The Morgan fingerprint density at radius 3 is 2.57 bits per heavy atom. The van der Waals surface area contributed by atoms with E-state index in [0.717, 1.165) is 6.42 Å². The number of hydrazine groups is 1. The van der Waals surface area contributed by atoms with Crippen LogP contribution in [0.4, 0.5) is 10.1 Å². The van der Waals surface area contributed by atoms with Gasteiger partial charge in [-0.3, -0.25) is 15.6 Å². The molecule has 2 aromatic carbocycles. The number of rotatable bonds is 7. The van der Waals surface area contributed by atoms with Gasteiger partial charge in [0.05, 0.1) is 19.4 Å². The molecule has 1 amide bonds. The number of carbonyl (C=O) groups is 1. The van der Waals surface area contributed by atoms with E-state index >= 15 is 0 Å². The lowest BCUT2D eigenvalue weighted by molar-refractivity contribution is 0.0943. The number of hydrogen-bond acceptors (Lipinski definition) is 4. The third kappa shape index (κ3) is 6.38. The van der Waals surface area contributed by atoms with E-state index in [1.165, 1.54) is 19.2 Å². The summed E-state index contributed by atoms with van der Waals surface area (Å²) in [6.07, 6.45) is 0.918. The molecule has 0 saturated carbocycles. The highest BCUT2D eigenvalue weighted by atomic mass is 32.1. The van der Waals surface area contributed by atoms with Gasteiger partial charge >= 0.3 is 0 Å². The molecule has 6 nitrogen and oxygen atoms in total. The number of nitrogens with one attached hydrogen (secondary N) is 3. The smallest absolute Gasteiger partial charge is 0.269 e. The second-order valence-corrected chi connectivity index (χ2v) is 6.82. The monoisotopic (exact) mass is 405 g/mol. The van der Waals surface area contributed by atoms with Crippen molar-refractivity contribution in [3.63, 3.8) is 0 Å². The summed E-state index contributed by atoms with van der Waals surface area (Å²) in [6.45, 7) is 4.80. The van der Waals surface area contributed by atoms with E-state index in [1.54, 1.807) is 30.3 Å². The van der Waals surface area contributed by atoms with Gasteiger partial charge in [-0.1, -0.05) is 26.0 Å². The average Bonchev–Trinajstić information content (AvgIpc) is 2.67. The molecular formula is C20H24FN3O3S. The number of methoxy groups -OCH3 is 1. The van der Waals surface area contributed by atoms with Crippen molar-refractivity contribution in [2.75, 3.05) is 19.0 Å². The van der Waals surface area contributed by atoms with E-state index in [9.17, 15) is 9.18 Å². The molecule has 0 aliphatic heterocycles. The van der Waals surface area contributed by atoms with Crippen LogP contribution in [0.5, 0.6) is 11.5 Å². The van der Waals surface area contributed by atoms with Gasteiger partial charge in [-0.15, -0.1) is 0 Å². The number of para-hydroxylation sites is 1. The van der Waals surface area contributed by atoms with Gasteiger partial charge in [0.1, 0.15) is 5.82 Å². The molecule has 0 radical (unpaired) electrons.